The molecule has 1 aliphatic heterocycles. The van der Waals surface area contributed by atoms with Crippen molar-refractivity contribution >= 4 is 24.0 Å². The Labute approximate surface area is 205 Å². The van der Waals surface area contributed by atoms with Crippen LogP contribution in [0.2, 0.25) is 0 Å². The molecule has 1 fully saturated rings. The molecule has 2 unspecified atom stereocenters. The third-order valence-corrected chi connectivity index (χ3v) is 5.60. The van der Waals surface area contributed by atoms with Gasteiger partial charge in [-0.05, 0) is 43.0 Å². The van der Waals surface area contributed by atoms with Gasteiger partial charge in [-0.25, -0.2) is 0 Å². The minimum atomic E-state index is -0.728. The highest BCUT2D eigenvalue weighted by molar-refractivity contribution is 5.89. The molecule has 0 aromatic heterocycles. The average Bonchev–Trinajstić information content (AvgIpc) is 2.85. The maximum absolute atomic E-state index is 13.1. The lowest BCUT2D eigenvalue weighted by Crippen LogP contribution is -2.47. The first-order valence-corrected chi connectivity index (χ1v) is 11.6. The first-order valence-electron chi connectivity index (χ1n) is 11.6. The number of piperidine rings is 1. The molecular weight excluding hydrogens is 444 g/mol. The van der Waals surface area contributed by atoms with Crippen LogP contribution in [0.15, 0.2) is 59.7 Å². The van der Waals surface area contributed by atoms with Crippen molar-refractivity contribution in [3.8, 4) is 11.8 Å². The molecular formula is C27H30N4O4. The van der Waals surface area contributed by atoms with Crippen LogP contribution in [0.1, 0.15) is 48.8 Å². The molecule has 182 valence electrons. The average molecular weight is 475 g/mol. The Morgan fingerprint density at radius 3 is 2.66 bits per heavy atom. The number of ether oxygens (including phenoxy) is 1. The predicted molar refractivity (Wildman–Crippen MR) is 133 cm³/mol. The smallest absolute Gasteiger partial charge is 0.308 e. The fraction of sp³-hybridized carbons (Fsp3) is 0.333. The number of nitrogens with two attached hydrogens (primary N) is 1. The van der Waals surface area contributed by atoms with Crippen LogP contribution >= 0.6 is 0 Å². The standard InChI is InChI=1S/C27H30N4O4/c1-2-35-26(33)17-23(15-12-20-7-4-3-5-8-20)30-25(32)19-31-16-6-9-24(27(31)34)22-13-10-21(11-14-22)18-29-28/h3-5,7-8,10-11,13-14,18,23-24H,2,6,9,16-17,19,28H2,1H3,(H,30,32)/b29-18+. The number of nitrogens with one attached hydrogen (secondary N) is 1. The highest BCUT2D eigenvalue weighted by Crippen LogP contribution is 2.28. The SMILES string of the molecule is CCOC(=O)CC(C#Cc1ccccc1)NC(=O)CN1CCCC(c2ccc(/C=N/N)cc2)C1=O. The second-order valence-electron chi connectivity index (χ2n) is 8.16. The summed E-state index contributed by atoms with van der Waals surface area (Å²) in [6.07, 6.45) is 2.97. The van der Waals surface area contributed by atoms with Gasteiger partial charge >= 0.3 is 5.97 Å². The monoisotopic (exact) mass is 474 g/mol. The van der Waals surface area contributed by atoms with Crippen molar-refractivity contribution in [2.24, 2.45) is 10.9 Å². The Balaban J connectivity index is 1.65. The van der Waals surface area contributed by atoms with Crippen LogP contribution in [0, 0.1) is 11.8 Å². The second-order valence-corrected chi connectivity index (χ2v) is 8.16. The van der Waals surface area contributed by atoms with Crippen molar-refractivity contribution in [1.29, 1.82) is 0 Å². The first kappa shape index (κ1) is 25.5. The van der Waals surface area contributed by atoms with E-state index in [4.69, 9.17) is 10.6 Å². The van der Waals surface area contributed by atoms with Gasteiger partial charge < -0.3 is 20.8 Å². The van der Waals surface area contributed by atoms with E-state index in [9.17, 15) is 14.4 Å². The van der Waals surface area contributed by atoms with Crippen molar-refractivity contribution in [3.63, 3.8) is 0 Å². The van der Waals surface area contributed by atoms with Crippen LogP contribution in [-0.2, 0) is 19.1 Å². The van der Waals surface area contributed by atoms with Crippen LogP contribution < -0.4 is 11.2 Å². The third kappa shape index (κ3) is 7.71. The van der Waals surface area contributed by atoms with Crippen molar-refractivity contribution in [1.82, 2.24) is 10.2 Å². The minimum Gasteiger partial charge on any atom is -0.466 e. The number of carbonyl (C=O) groups is 3. The van der Waals surface area contributed by atoms with Gasteiger partial charge in [0.05, 0.1) is 31.7 Å². The van der Waals surface area contributed by atoms with Gasteiger partial charge in [-0.2, -0.15) is 5.10 Å². The molecule has 35 heavy (non-hydrogen) atoms. The number of hydrogen-bond donors (Lipinski definition) is 2. The summed E-state index contributed by atoms with van der Waals surface area (Å²) < 4.78 is 5.02. The van der Waals surface area contributed by atoms with Gasteiger partial charge in [0, 0.05) is 12.1 Å². The summed E-state index contributed by atoms with van der Waals surface area (Å²) in [5, 5.41) is 6.29. The summed E-state index contributed by atoms with van der Waals surface area (Å²) in [5.41, 5.74) is 2.51. The van der Waals surface area contributed by atoms with Crippen LogP contribution in [0.25, 0.3) is 0 Å². The maximum atomic E-state index is 13.1. The molecule has 1 saturated heterocycles. The first-order chi connectivity index (χ1) is 17.0. The minimum absolute atomic E-state index is 0.0750. The molecule has 8 nitrogen and oxygen atoms in total. The quantitative estimate of drug-likeness (QED) is 0.200. The number of benzene rings is 2. The van der Waals surface area contributed by atoms with Crippen molar-refractivity contribution in [2.75, 3.05) is 19.7 Å². The molecule has 2 aromatic rings. The number of rotatable bonds is 8. The topological polar surface area (TPSA) is 114 Å². The lowest BCUT2D eigenvalue weighted by molar-refractivity contribution is -0.144. The summed E-state index contributed by atoms with van der Waals surface area (Å²) in [5.74, 6) is 9.90. The van der Waals surface area contributed by atoms with E-state index in [1.54, 1.807) is 11.8 Å². The fourth-order valence-electron chi connectivity index (χ4n) is 3.94. The van der Waals surface area contributed by atoms with Gasteiger partial charge in [-0.3, -0.25) is 14.4 Å². The van der Waals surface area contributed by atoms with Crippen LogP contribution in [0.5, 0.6) is 0 Å². The highest BCUT2D eigenvalue weighted by atomic mass is 16.5. The van der Waals surface area contributed by atoms with Gasteiger partial charge in [0.25, 0.3) is 0 Å². The Morgan fingerprint density at radius 1 is 1.23 bits per heavy atom. The van der Waals surface area contributed by atoms with Crippen molar-refractivity contribution in [3.05, 3.63) is 71.3 Å². The van der Waals surface area contributed by atoms with E-state index in [0.717, 1.165) is 29.5 Å². The summed E-state index contributed by atoms with van der Waals surface area (Å²) in [6, 6.07) is 16.1. The number of hydrazone groups is 1. The van der Waals surface area contributed by atoms with E-state index in [-0.39, 0.29) is 37.3 Å². The molecule has 0 radical (unpaired) electrons. The lowest BCUT2D eigenvalue weighted by Gasteiger charge is -2.32. The summed E-state index contributed by atoms with van der Waals surface area (Å²) in [4.78, 5) is 39.5. The lowest BCUT2D eigenvalue weighted by atomic mass is 9.89. The number of likely N-dealkylation sites (tertiary alicyclic amines) is 1. The molecule has 0 spiro atoms. The van der Waals surface area contributed by atoms with E-state index in [1.165, 1.54) is 6.21 Å². The second kappa shape index (κ2) is 12.9. The molecule has 2 atom stereocenters. The molecule has 0 saturated carbocycles. The third-order valence-electron chi connectivity index (χ3n) is 5.60. The summed E-state index contributed by atoms with van der Waals surface area (Å²) >= 11 is 0. The molecule has 1 aliphatic rings. The number of esters is 1. The zero-order valence-electron chi connectivity index (χ0n) is 19.8. The molecule has 0 bridgehead atoms. The van der Waals surface area contributed by atoms with Crippen LogP contribution in [0.3, 0.4) is 0 Å². The van der Waals surface area contributed by atoms with Crippen LogP contribution in [-0.4, -0.2) is 54.6 Å². The van der Waals surface area contributed by atoms with E-state index < -0.39 is 12.0 Å². The van der Waals surface area contributed by atoms with Gasteiger partial charge in [-0.15, -0.1) is 0 Å². The van der Waals surface area contributed by atoms with E-state index >= 15 is 0 Å². The number of carbonyl (C=O) groups excluding carboxylic acids is 3. The Hall–Kier alpha value is -4.12. The van der Waals surface area contributed by atoms with E-state index in [1.807, 2.05) is 54.6 Å². The van der Waals surface area contributed by atoms with Crippen molar-refractivity contribution < 1.29 is 19.1 Å². The summed E-state index contributed by atoms with van der Waals surface area (Å²) in [6.45, 7) is 2.37. The molecule has 3 rings (SSSR count). The Morgan fingerprint density at radius 2 is 1.97 bits per heavy atom. The summed E-state index contributed by atoms with van der Waals surface area (Å²) in [7, 11) is 0. The van der Waals surface area contributed by atoms with E-state index in [2.05, 4.69) is 22.3 Å². The zero-order valence-corrected chi connectivity index (χ0v) is 19.8. The molecule has 1 heterocycles. The normalized spacial score (nSPS) is 16.3. The zero-order chi connectivity index (χ0) is 25.0. The largest absolute Gasteiger partial charge is 0.466 e. The van der Waals surface area contributed by atoms with Crippen LogP contribution in [0.4, 0.5) is 0 Å². The molecule has 3 N–H and O–H groups in total. The van der Waals surface area contributed by atoms with Crippen molar-refractivity contribution in [2.45, 2.75) is 38.1 Å². The molecule has 0 aliphatic carbocycles. The number of nitrogens with zero attached hydrogens (tertiary/aromatic N) is 2. The predicted octanol–water partition coefficient (Wildman–Crippen LogP) is 2.17. The fourth-order valence-corrected chi connectivity index (χ4v) is 3.94. The van der Waals surface area contributed by atoms with Gasteiger partial charge in [0.1, 0.15) is 6.04 Å². The number of hydrogen-bond acceptors (Lipinski definition) is 6. The number of amides is 2. The molecule has 8 heteroatoms. The van der Waals surface area contributed by atoms with Gasteiger partial charge in [0.2, 0.25) is 11.8 Å². The van der Waals surface area contributed by atoms with Gasteiger partial charge in [-0.1, -0.05) is 54.3 Å². The van der Waals surface area contributed by atoms with E-state index in [0.29, 0.717) is 6.54 Å². The van der Waals surface area contributed by atoms with Gasteiger partial charge in [0.15, 0.2) is 0 Å². The highest BCUT2D eigenvalue weighted by Gasteiger charge is 2.31. The Bertz CT molecular complexity index is 1100. The maximum Gasteiger partial charge on any atom is 0.308 e. The Kier molecular flexibility index (Phi) is 9.43. The molecule has 2 amide bonds. The molecule has 2 aromatic carbocycles.